The summed E-state index contributed by atoms with van der Waals surface area (Å²) in [6, 6.07) is 0.378. The molecule has 1 N–H and O–H groups in total. The Bertz CT molecular complexity index is 314. The van der Waals surface area contributed by atoms with Gasteiger partial charge in [-0.2, -0.15) is 0 Å². The molecule has 2 aliphatic rings. The van der Waals surface area contributed by atoms with Gasteiger partial charge in [0, 0.05) is 26.2 Å². The van der Waals surface area contributed by atoms with Gasteiger partial charge in [0.2, 0.25) is 5.91 Å². The molecule has 4 nitrogen and oxygen atoms in total. The van der Waals surface area contributed by atoms with E-state index in [4.69, 9.17) is 4.74 Å². The molecule has 0 radical (unpaired) electrons. The van der Waals surface area contributed by atoms with Gasteiger partial charge in [0.1, 0.15) is 0 Å². The van der Waals surface area contributed by atoms with Crippen molar-refractivity contribution in [3.63, 3.8) is 0 Å². The third-order valence-electron chi connectivity index (χ3n) is 5.29. The SMILES string of the molecule is COC1CCN(CC(=O)NC2CCCC(C)C2C)CC1. The van der Waals surface area contributed by atoms with Crippen LogP contribution >= 0.6 is 0 Å². The predicted octanol–water partition coefficient (Wildman–Crippen LogP) is 2.04. The van der Waals surface area contributed by atoms with Gasteiger partial charge in [0.25, 0.3) is 0 Å². The van der Waals surface area contributed by atoms with E-state index in [1.54, 1.807) is 7.11 Å². The summed E-state index contributed by atoms with van der Waals surface area (Å²) < 4.78 is 5.36. The number of nitrogens with one attached hydrogen (secondary N) is 1. The van der Waals surface area contributed by atoms with Crippen LogP contribution < -0.4 is 5.32 Å². The highest BCUT2D eigenvalue weighted by Crippen LogP contribution is 2.29. The van der Waals surface area contributed by atoms with Crippen molar-refractivity contribution >= 4 is 5.91 Å². The highest BCUT2D eigenvalue weighted by Gasteiger charge is 2.28. The maximum Gasteiger partial charge on any atom is 0.234 e. The summed E-state index contributed by atoms with van der Waals surface area (Å²) in [4.78, 5) is 14.5. The zero-order valence-electron chi connectivity index (χ0n) is 13.2. The molecule has 1 aliphatic carbocycles. The number of carbonyl (C=O) groups is 1. The van der Waals surface area contributed by atoms with Crippen LogP contribution in [0.2, 0.25) is 0 Å². The van der Waals surface area contributed by atoms with Crippen molar-refractivity contribution in [1.29, 1.82) is 0 Å². The van der Waals surface area contributed by atoms with Gasteiger partial charge in [0.05, 0.1) is 12.6 Å². The Morgan fingerprint density at radius 3 is 2.55 bits per heavy atom. The molecule has 4 heteroatoms. The molecule has 0 aromatic carbocycles. The second-order valence-corrected chi connectivity index (χ2v) is 6.65. The molecular weight excluding hydrogens is 252 g/mol. The fourth-order valence-electron chi connectivity index (χ4n) is 3.54. The summed E-state index contributed by atoms with van der Waals surface area (Å²) >= 11 is 0. The number of ether oxygens (including phenoxy) is 1. The first-order valence-electron chi connectivity index (χ1n) is 8.14. The molecule has 3 unspecified atom stereocenters. The van der Waals surface area contributed by atoms with Gasteiger partial charge >= 0.3 is 0 Å². The van der Waals surface area contributed by atoms with Crippen molar-refractivity contribution in [2.24, 2.45) is 11.8 Å². The minimum absolute atomic E-state index is 0.201. The molecule has 1 saturated carbocycles. The number of carbonyl (C=O) groups excluding carboxylic acids is 1. The number of hydrogen-bond acceptors (Lipinski definition) is 3. The minimum Gasteiger partial charge on any atom is -0.381 e. The number of amides is 1. The Labute approximate surface area is 123 Å². The molecule has 1 aliphatic heterocycles. The van der Waals surface area contributed by atoms with E-state index in [1.807, 2.05) is 0 Å². The summed E-state index contributed by atoms with van der Waals surface area (Å²) in [6.07, 6.45) is 6.16. The number of likely N-dealkylation sites (tertiary alicyclic amines) is 1. The van der Waals surface area contributed by atoms with Gasteiger partial charge in [-0.05, 0) is 31.1 Å². The number of methoxy groups -OCH3 is 1. The van der Waals surface area contributed by atoms with Crippen LogP contribution in [0, 0.1) is 11.8 Å². The van der Waals surface area contributed by atoms with Crippen LogP contribution in [-0.2, 0) is 9.53 Å². The lowest BCUT2D eigenvalue weighted by Crippen LogP contribution is -2.48. The average Bonchev–Trinajstić information content (AvgIpc) is 2.45. The summed E-state index contributed by atoms with van der Waals surface area (Å²) in [5.41, 5.74) is 0. The number of rotatable bonds is 4. The van der Waals surface area contributed by atoms with Crippen molar-refractivity contribution < 1.29 is 9.53 Å². The molecule has 0 spiro atoms. The average molecular weight is 282 g/mol. The van der Waals surface area contributed by atoms with Gasteiger partial charge in [-0.1, -0.05) is 26.7 Å². The highest BCUT2D eigenvalue weighted by molar-refractivity contribution is 5.78. The number of hydrogen-bond donors (Lipinski definition) is 1. The van der Waals surface area contributed by atoms with E-state index < -0.39 is 0 Å². The van der Waals surface area contributed by atoms with Crippen LogP contribution in [0.1, 0.15) is 46.0 Å². The monoisotopic (exact) mass is 282 g/mol. The molecule has 116 valence electrons. The van der Waals surface area contributed by atoms with Crippen LogP contribution in [0.25, 0.3) is 0 Å². The van der Waals surface area contributed by atoms with E-state index in [0.717, 1.165) is 38.3 Å². The quantitative estimate of drug-likeness (QED) is 0.858. The van der Waals surface area contributed by atoms with Gasteiger partial charge < -0.3 is 10.1 Å². The topological polar surface area (TPSA) is 41.6 Å². The first-order chi connectivity index (χ1) is 9.60. The second-order valence-electron chi connectivity index (χ2n) is 6.65. The molecule has 0 aromatic rings. The zero-order valence-corrected chi connectivity index (χ0v) is 13.2. The molecule has 1 saturated heterocycles. The Morgan fingerprint density at radius 2 is 1.90 bits per heavy atom. The smallest absolute Gasteiger partial charge is 0.234 e. The predicted molar refractivity (Wildman–Crippen MR) is 80.6 cm³/mol. The Hall–Kier alpha value is -0.610. The molecular formula is C16H30N2O2. The molecule has 1 heterocycles. The van der Waals surface area contributed by atoms with Crippen LogP contribution in [0.15, 0.2) is 0 Å². The van der Waals surface area contributed by atoms with E-state index in [9.17, 15) is 4.79 Å². The van der Waals surface area contributed by atoms with E-state index in [-0.39, 0.29) is 5.91 Å². The maximum absolute atomic E-state index is 12.2. The summed E-state index contributed by atoms with van der Waals surface area (Å²) in [5.74, 6) is 1.53. The lowest BCUT2D eigenvalue weighted by molar-refractivity contribution is -0.124. The lowest BCUT2D eigenvalue weighted by atomic mass is 9.78. The molecule has 2 rings (SSSR count). The zero-order chi connectivity index (χ0) is 14.5. The second kappa shape index (κ2) is 7.41. The van der Waals surface area contributed by atoms with Crippen molar-refractivity contribution in [3.8, 4) is 0 Å². The third kappa shape index (κ3) is 4.19. The van der Waals surface area contributed by atoms with E-state index >= 15 is 0 Å². The fourth-order valence-corrected chi connectivity index (χ4v) is 3.54. The Kier molecular flexibility index (Phi) is 5.85. The largest absolute Gasteiger partial charge is 0.381 e. The molecule has 1 amide bonds. The van der Waals surface area contributed by atoms with Gasteiger partial charge in [-0.15, -0.1) is 0 Å². The van der Waals surface area contributed by atoms with Crippen LogP contribution in [0.5, 0.6) is 0 Å². The van der Waals surface area contributed by atoms with Gasteiger partial charge in [0.15, 0.2) is 0 Å². The van der Waals surface area contributed by atoms with Crippen molar-refractivity contribution in [3.05, 3.63) is 0 Å². The van der Waals surface area contributed by atoms with Crippen molar-refractivity contribution in [1.82, 2.24) is 10.2 Å². The minimum atomic E-state index is 0.201. The number of nitrogens with zero attached hydrogens (tertiary/aromatic N) is 1. The van der Waals surface area contributed by atoms with Crippen molar-refractivity contribution in [2.75, 3.05) is 26.7 Å². The first kappa shape index (κ1) is 15.8. The number of piperidine rings is 1. The van der Waals surface area contributed by atoms with Gasteiger partial charge in [-0.25, -0.2) is 0 Å². The van der Waals surface area contributed by atoms with E-state index in [2.05, 4.69) is 24.1 Å². The third-order valence-corrected chi connectivity index (χ3v) is 5.29. The molecule has 20 heavy (non-hydrogen) atoms. The lowest BCUT2D eigenvalue weighted by Gasteiger charge is -2.36. The van der Waals surface area contributed by atoms with Crippen LogP contribution in [0.3, 0.4) is 0 Å². The normalized spacial score (nSPS) is 33.0. The maximum atomic E-state index is 12.2. The van der Waals surface area contributed by atoms with Crippen LogP contribution in [0.4, 0.5) is 0 Å². The summed E-state index contributed by atoms with van der Waals surface area (Å²) in [5, 5.41) is 3.26. The molecule has 2 fully saturated rings. The van der Waals surface area contributed by atoms with Crippen molar-refractivity contribution in [2.45, 2.75) is 58.1 Å². The standard InChI is InChI=1S/C16H30N2O2/c1-12-5-4-6-15(13(12)2)17-16(19)11-18-9-7-14(20-3)8-10-18/h12-15H,4-11H2,1-3H3,(H,17,19). The fraction of sp³-hybridized carbons (Fsp3) is 0.938. The van der Waals surface area contributed by atoms with E-state index in [0.29, 0.717) is 24.6 Å². The van der Waals surface area contributed by atoms with E-state index in [1.165, 1.54) is 12.8 Å². The highest BCUT2D eigenvalue weighted by atomic mass is 16.5. The van der Waals surface area contributed by atoms with Crippen LogP contribution in [-0.4, -0.2) is 49.7 Å². The Morgan fingerprint density at radius 1 is 1.20 bits per heavy atom. The molecule has 0 bridgehead atoms. The van der Waals surface area contributed by atoms with Gasteiger partial charge in [-0.3, -0.25) is 9.69 Å². The Balaban J connectivity index is 1.72. The molecule has 0 aromatic heterocycles. The summed E-state index contributed by atoms with van der Waals surface area (Å²) in [7, 11) is 1.78. The molecule has 3 atom stereocenters. The summed E-state index contributed by atoms with van der Waals surface area (Å²) in [6.45, 7) is 7.08. The first-order valence-corrected chi connectivity index (χ1v) is 8.14.